The number of hydrogen-bond donors (Lipinski definition) is 3. The topological polar surface area (TPSA) is 188 Å². The van der Waals surface area contributed by atoms with Gasteiger partial charge < -0.3 is 44.3 Å². The van der Waals surface area contributed by atoms with E-state index in [1.54, 1.807) is 28.4 Å². The fraction of sp³-hybridized carbons (Fsp3) is 0.490. The van der Waals surface area contributed by atoms with E-state index in [1.807, 2.05) is 47.9 Å². The minimum atomic E-state index is -1.08. The van der Waals surface area contributed by atoms with Crippen LogP contribution >= 0.6 is 22.9 Å². The number of carboxylic acid groups (broad SMARTS) is 1. The number of fused-ring (bicyclic) bond motifs is 3. The average Bonchev–Trinajstić information content (AvgIpc) is 3.81. The second-order valence-corrected chi connectivity index (χ2v) is 17.7. The Morgan fingerprint density at radius 2 is 1.45 bits per heavy atom. The number of thiophene rings is 1. The van der Waals surface area contributed by atoms with Gasteiger partial charge in [0.25, 0.3) is 0 Å². The van der Waals surface area contributed by atoms with Gasteiger partial charge in [-0.1, -0.05) is 68.2 Å². The number of halogens is 1. The van der Waals surface area contributed by atoms with Crippen molar-refractivity contribution in [1.82, 2.24) is 25.0 Å². The smallest absolute Gasteiger partial charge is 0.404 e. The van der Waals surface area contributed by atoms with Crippen molar-refractivity contribution in [3.05, 3.63) is 92.3 Å². The van der Waals surface area contributed by atoms with E-state index in [0.717, 1.165) is 70.9 Å². The number of nitrogens with one attached hydrogen (secondary N) is 2. The normalized spacial score (nSPS) is 12.7. The molecular formula is C51H64ClN7O9S. The molecule has 1 aliphatic rings. The van der Waals surface area contributed by atoms with E-state index in [4.69, 9.17) is 45.4 Å². The van der Waals surface area contributed by atoms with Crippen molar-refractivity contribution >= 4 is 52.2 Å². The highest BCUT2D eigenvalue weighted by atomic mass is 35.5. The summed E-state index contributed by atoms with van der Waals surface area (Å²) in [6.07, 6.45) is 4.70. The first kappa shape index (κ1) is 54.3. The Kier molecular flexibility index (Phi) is 23.7. The molecule has 0 unspecified atom stereocenters. The summed E-state index contributed by atoms with van der Waals surface area (Å²) in [6.45, 7) is 13.0. The van der Waals surface area contributed by atoms with Gasteiger partial charge in [0.15, 0.2) is 5.82 Å². The third-order valence-corrected chi connectivity index (χ3v) is 12.3. The maximum atomic E-state index is 13.6. The molecule has 4 aromatic rings. The largest absolute Gasteiger partial charge is 0.465 e. The number of benzene rings is 2. The van der Waals surface area contributed by atoms with E-state index in [-0.39, 0.29) is 37.9 Å². The van der Waals surface area contributed by atoms with E-state index >= 15 is 0 Å². The van der Waals surface area contributed by atoms with Gasteiger partial charge in [0.2, 0.25) is 11.8 Å². The van der Waals surface area contributed by atoms with Gasteiger partial charge in [0, 0.05) is 51.8 Å². The summed E-state index contributed by atoms with van der Waals surface area (Å²) in [5.41, 5.74) is 5.15. The second kappa shape index (κ2) is 30.1. The zero-order valence-electron chi connectivity index (χ0n) is 40.1. The number of carbonyl (C=O) groups excluding carboxylic acids is 2. The summed E-state index contributed by atoms with van der Waals surface area (Å²) < 4.78 is 29.6. The number of nitrogens with zero attached hydrogens (tertiary/aromatic N) is 5. The SMILES string of the molecule is CCCCCCCC(=O)N(CC#CC#Cc1ccc(NC(=O)C[C@@H]2N=C(c3ccc(Cl)cc3)c3c(sc(C)c3C)-n3c(C)nnc32)cc1)CCOCCOCCOCCOCCOCCNC(=O)O. The van der Waals surface area contributed by atoms with Crippen LogP contribution < -0.4 is 10.6 Å². The Morgan fingerprint density at radius 1 is 0.812 bits per heavy atom. The second-order valence-electron chi connectivity index (χ2n) is 16.1. The first-order valence-electron chi connectivity index (χ1n) is 23.4. The summed E-state index contributed by atoms with van der Waals surface area (Å²) in [7, 11) is 0. The molecule has 3 amide bonds. The van der Waals surface area contributed by atoms with Gasteiger partial charge in [-0.15, -0.1) is 21.5 Å². The molecule has 18 heteroatoms. The lowest BCUT2D eigenvalue weighted by molar-refractivity contribution is -0.131. The summed E-state index contributed by atoms with van der Waals surface area (Å²) in [6, 6.07) is 14.2. The standard InChI is InChI=1S/C51H64ClN7O9S/c1-5-6-7-8-11-14-46(61)58(25-27-65-29-31-67-33-35-68-34-32-66-30-28-64-26-23-53-51(62)63)24-12-9-10-13-40-15-21-43(22-16-40)54-45(60)36-44-49-57-56-39(4)59(49)50-47(37(2)38(3)69-50)48(55-44)41-17-19-42(52)20-18-41/h15-22,44,53H,5-8,11,14,23-36H2,1-4H3,(H,54,60)(H,62,63)/t44-/m0/s1. The van der Waals surface area contributed by atoms with Crippen LogP contribution in [0.1, 0.15) is 96.7 Å². The first-order chi connectivity index (χ1) is 33.5. The molecule has 0 spiro atoms. The van der Waals surface area contributed by atoms with Gasteiger partial charge >= 0.3 is 6.09 Å². The quantitative estimate of drug-likeness (QED) is 0.0357. The molecule has 0 radical (unpaired) electrons. The molecule has 2 aromatic heterocycles. The van der Waals surface area contributed by atoms with Gasteiger partial charge in [0.05, 0.1) is 84.7 Å². The zero-order chi connectivity index (χ0) is 49.2. The lowest BCUT2D eigenvalue weighted by atomic mass is 9.99. The number of rotatable bonds is 29. The molecule has 2 aromatic carbocycles. The first-order valence-corrected chi connectivity index (χ1v) is 24.6. The number of unbranched alkanes of at least 4 members (excludes halogenated alkanes) is 4. The van der Waals surface area contributed by atoms with Crippen LogP contribution in [0.5, 0.6) is 0 Å². The van der Waals surface area contributed by atoms with Gasteiger partial charge in [-0.25, -0.2) is 4.79 Å². The molecule has 0 bridgehead atoms. The van der Waals surface area contributed by atoms with E-state index in [9.17, 15) is 14.4 Å². The van der Waals surface area contributed by atoms with Crippen LogP contribution in [0.2, 0.25) is 5.02 Å². The average molecular weight is 987 g/mol. The molecule has 370 valence electrons. The lowest BCUT2D eigenvalue weighted by Gasteiger charge is -2.20. The Bertz CT molecular complexity index is 2420. The number of aromatic nitrogens is 3. The molecule has 0 fully saturated rings. The number of hydrogen-bond acceptors (Lipinski definition) is 12. The minimum absolute atomic E-state index is 0.0412. The molecule has 0 saturated heterocycles. The van der Waals surface area contributed by atoms with Gasteiger partial charge in [0.1, 0.15) is 16.9 Å². The van der Waals surface area contributed by atoms with Crippen molar-refractivity contribution in [3.8, 4) is 28.7 Å². The van der Waals surface area contributed by atoms with Crippen LogP contribution in [0.15, 0.2) is 53.5 Å². The summed E-state index contributed by atoms with van der Waals surface area (Å²) in [5, 5.41) is 24.3. The van der Waals surface area contributed by atoms with Gasteiger partial charge in [-0.2, -0.15) is 0 Å². The fourth-order valence-corrected chi connectivity index (χ4v) is 8.50. The molecule has 3 N–H and O–H groups in total. The fourth-order valence-electron chi connectivity index (χ4n) is 7.16. The number of aryl methyl sites for hydroxylation is 2. The Morgan fingerprint density at radius 3 is 2.10 bits per heavy atom. The number of aliphatic imine (C=N–C) groups is 1. The van der Waals surface area contributed by atoms with Crippen LogP contribution in [-0.2, 0) is 33.3 Å². The van der Waals surface area contributed by atoms with Crippen LogP contribution in [0.25, 0.3) is 5.00 Å². The molecule has 0 aliphatic carbocycles. The monoisotopic (exact) mass is 985 g/mol. The minimum Gasteiger partial charge on any atom is -0.465 e. The number of amides is 3. The molecule has 5 rings (SSSR count). The summed E-state index contributed by atoms with van der Waals surface area (Å²) in [4.78, 5) is 45.3. The Labute approximate surface area is 414 Å². The van der Waals surface area contributed by atoms with Crippen molar-refractivity contribution in [2.75, 3.05) is 91.0 Å². The lowest BCUT2D eigenvalue weighted by Crippen LogP contribution is -2.34. The van der Waals surface area contributed by atoms with Crippen molar-refractivity contribution in [2.24, 2.45) is 4.99 Å². The zero-order valence-corrected chi connectivity index (χ0v) is 41.6. The highest BCUT2D eigenvalue weighted by molar-refractivity contribution is 7.15. The van der Waals surface area contributed by atoms with Crippen LogP contribution in [0.3, 0.4) is 0 Å². The third kappa shape index (κ3) is 18.3. The van der Waals surface area contributed by atoms with Gasteiger partial charge in [-0.05, 0) is 81.0 Å². The predicted molar refractivity (Wildman–Crippen MR) is 268 cm³/mol. The van der Waals surface area contributed by atoms with E-state index in [2.05, 4.69) is 65.3 Å². The van der Waals surface area contributed by atoms with Crippen molar-refractivity contribution in [3.63, 3.8) is 0 Å². The molecule has 69 heavy (non-hydrogen) atoms. The summed E-state index contributed by atoms with van der Waals surface area (Å²) >= 11 is 7.92. The highest BCUT2D eigenvalue weighted by Gasteiger charge is 2.32. The Balaban J connectivity index is 1.06. The van der Waals surface area contributed by atoms with Crippen molar-refractivity contribution in [2.45, 2.75) is 78.7 Å². The number of ether oxygens (including phenoxy) is 5. The summed E-state index contributed by atoms with van der Waals surface area (Å²) in [5.74, 6) is 13.0. The Hall–Kier alpha value is -5.63. The molecule has 1 aliphatic heterocycles. The van der Waals surface area contributed by atoms with Crippen molar-refractivity contribution in [1.29, 1.82) is 0 Å². The van der Waals surface area contributed by atoms with Crippen LogP contribution in [0.4, 0.5) is 10.5 Å². The van der Waals surface area contributed by atoms with E-state index in [1.165, 1.54) is 4.88 Å². The molecule has 0 saturated carbocycles. The molecule has 1 atom stereocenters. The molecule has 3 heterocycles. The molecular weight excluding hydrogens is 922 g/mol. The number of anilines is 1. The molecule has 16 nitrogen and oxygen atoms in total. The van der Waals surface area contributed by atoms with Crippen LogP contribution in [-0.4, -0.2) is 134 Å². The number of carbonyl (C=O) groups is 3. The van der Waals surface area contributed by atoms with Crippen molar-refractivity contribution < 1.29 is 43.2 Å². The predicted octanol–water partition coefficient (Wildman–Crippen LogP) is 7.72. The highest BCUT2D eigenvalue weighted by Crippen LogP contribution is 2.39. The third-order valence-electron chi connectivity index (χ3n) is 10.9. The van der Waals surface area contributed by atoms with E-state index < -0.39 is 12.1 Å². The maximum Gasteiger partial charge on any atom is 0.404 e. The maximum absolute atomic E-state index is 13.6. The van der Waals surface area contributed by atoms with Gasteiger partial charge in [-0.3, -0.25) is 19.1 Å². The van der Waals surface area contributed by atoms with E-state index in [0.29, 0.717) is 89.0 Å². The van der Waals surface area contributed by atoms with Crippen LogP contribution in [0, 0.1) is 44.5 Å².